The fraction of sp³-hybridized carbons (Fsp3) is 0.500. The number of likely N-dealkylation sites (tertiary alicyclic amines) is 1. The number of ether oxygens (including phenoxy) is 2. The SMILES string of the molecule is CC.CN1CCCCC1CCOC(=O)NC1(c2ccccc2)CCOc2ccccc21. The molecular weight excluding hydrogens is 388 g/mol. The van der Waals surface area contributed by atoms with E-state index in [2.05, 4.69) is 29.4 Å². The molecule has 0 radical (unpaired) electrons. The molecule has 2 aliphatic rings. The van der Waals surface area contributed by atoms with Crippen molar-refractivity contribution in [3.8, 4) is 5.75 Å². The van der Waals surface area contributed by atoms with Crippen molar-refractivity contribution < 1.29 is 14.3 Å². The Hall–Kier alpha value is -2.53. The summed E-state index contributed by atoms with van der Waals surface area (Å²) >= 11 is 0. The number of nitrogens with zero attached hydrogens (tertiary/aromatic N) is 1. The van der Waals surface area contributed by atoms with E-state index in [-0.39, 0.29) is 6.09 Å². The molecule has 0 aromatic heterocycles. The van der Waals surface area contributed by atoms with Crippen LogP contribution >= 0.6 is 0 Å². The summed E-state index contributed by atoms with van der Waals surface area (Å²) in [5.74, 6) is 0.812. The van der Waals surface area contributed by atoms with Gasteiger partial charge in [-0.25, -0.2) is 4.79 Å². The highest BCUT2D eigenvalue weighted by Gasteiger charge is 2.41. The molecule has 1 saturated heterocycles. The zero-order chi connectivity index (χ0) is 22.1. The summed E-state index contributed by atoms with van der Waals surface area (Å²) in [6, 6.07) is 18.5. The Labute approximate surface area is 186 Å². The van der Waals surface area contributed by atoms with Crippen molar-refractivity contribution in [3.63, 3.8) is 0 Å². The minimum Gasteiger partial charge on any atom is -0.493 e. The van der Waals surface area contributed by atoms with Gasteiger partial charge in [-0.05, 0) is 44.5 Å². The van der Waals surface area contributed by atoms with Crippen molar-refractivity contribution in [2.45, 2.75) is 57.5 Å². The summed E-state index contributed by atoms with van der Waals surface area (Å²) in [4.78, 5) is 15.2. The molecule has 5 nitrogen and oxygen atoms in total. The van der Waals surface area contributed by atoms with E-state index < -0.39 is 5.54 Å². The number of benzene rings is 2. The molecule has 2 atom stereocenters. The van der Waals surface area contributed by atoms with Crippen molar-refractivity contribution in [2.24, 2.45) is 0 Å². The number of hydrogen-bond donors (Lipinski definition) is 1. The standard InChI is InChI=1S/C24H30N2O3.C2H6/c1-26-16-8-7-11-20(26)14-17-29-23(27)25-24(19-9-3-2-4-10-19)15-18-28-22-13-6-5-12-21(22)24;1-2/h2-6,9-10,12-13,20H,7-8,11,14-18H2,1H3,(H,25,27);1-2H3. The number of carbonyl (C=O) groups excluding carboxylic acids is 1. The predicted molar refractivity (Wildman–Crippen MR) is 124 cm³/mol. The molecule has 1 amide bonds. The normalized spacial score (nSPS) is 22.9. The lowest BCUT2D eigenvalue weighted by Crippen LogP contribution is -2.50. The van der Waals surface area contributed by atoms with Gasteiger partial charge in [0.25, 0.3) is 0 Å². The quantitative estimate of drug-likeness (QED) is 0.704. The highest BCUT2D eigenvalue weighted by Crippen LogP contribution is 2.41. The summed E-state index contributed by atoms with van der Waals surface area (Å²) in [7, 11) is 2.16. The van der Waals surface area contributed by atoms with Gasteiger partial charge in [0.1, 0.15) is 11.3 Å². The van der Waals surface area contributed by atoms with Crippen LogP contribution in [0.15, 0.2) is 54.6 Å². The smallest absolute Gasteiger partial charge is 0.408 e. The predicted octanol–water partition coefficient (Wildman–Crippen LogP) is 5.34. The molecule has 4 rings (SSSR count). The first-order chi connectivity index (χ1) is 15.2. The Bertz CT molecular complexity index is 826. The Kier molecular flexibility index (Phi) is 8.35. The van der Waals surface area contributed by atoms with Crippen LogP contribution in [0, 0.1) is 0 Å². The van der Waals surface area contributed by atoms with E-state index in [0.29, 0.717) is 25.7 Å². The molecule has 2 aliphatic heterocycles. The first-order valence-electron chi connectivity index (χ1n) is 11.6. The first kappa shape index (κ1) is 23.1. The lowest BCUT2D eigenvalue weighted by atomic mass is 9.78. The van der Waals surface area contributed by atoms with Crippen molar-refractivity contribution in [1.29, 1.82) is 0 Å². The molecule has 2 aromatic rings. The van der Waals surface area contributed by atoms with Crippen molar-refractivity contribution in [1.82, 2.24) is 10.2 Å². The van der Waals surface area contributed by atoms with Crippen LogP contribution in [0.4, 0.5) is 4.79 Å². The van der Waals surface area contributed by atoms with Crippen LogP contribution < -0.4 is 10.1 Å². The van der Waals surface area contributed by atoms with Gasteiger partial charge < -0.3 is 19.7 Å². The number of amides is 1. The second-order valence-electron chi connectivity index (χ2n) is 8.05. The number of nitrogens with one attached hydrogen (secondary N) is 1. The monoisotopic (exact) mass is 424 g/mol. The van der Waals surface area contributed by atoms with Gasteiger partial charge in [0.2, 0.25) is 0 Å². The largest absolute Gasteiger partial charge is 0.493 e. The third kappa shape index (κ3) is 5.40. The summed E-state index contributed by atoms with van der Waals surface area (Å²) in [6.07, 6.45) is 4.87. The van der Waals surface area contributed by atoms with E-state index in [1.165, 1.54) is 19.3 Å². The number of piperidine rings is 1. The fourth-order valence-corrected chi connectivity index (χ4v) is 4.63. The van der Waals surface area contributed by atoms with Crippen molar-refractivity contribution >= 4 is 6.09 Å². The summed E-state index contributed by atoms with van der Waals surface area (Å²) in [5.41, 5.74) is 1.37. The van der Waals surface area contributed by atoms with Crippen LogP contribution in [-0.4, -0.2) is 43.8 Å². The molecular formula is C26H36N2O3. The van der Waals surface area contributed by atoms with Gasteiger partial charge in [-0.1, -0.05) is 68.8 Å². The molecule has 0 aliphatic carbocycles. The number of alkyl carbamates (subject to hydrolysis) is 1. The second kappa shape index (κ2) is 11.2. The van der Waals surface area contributed by atoms with Crippen LogP contribution in [0.25, 0.3) is 0 Å². The van der Waals surface area contributed by atoms with Crippen molar-refractivity contribution in [3.05, 3.63) is 65.7 Å². The van der Waals surface area contributed by atoms with Crippen LogP contribution in [0.3, 0.4) is 0 Å². The Morgan fingerprint density at radius 3 is 2.65 bits per heavy atom. The molecule has 168 valence electrons. The second-order valence-corrected chi connectivity index (χ2v) is 8.05. The van der Waals surface area contributed by atoms with E-state index in [1.807, 2.05) is 56.3 Å². The first-order valence-corrected chi connectivity index (χ1v) is 11.6. The molecule has 2 unspecified atom stereocenters. The molecule has 5 heteroatoms. The minimum atomic E-state index is -0.644. The maximum Gasteiger partial charge on any atom is 0.408 e. The molecule has 2 aromatic carbocycles. The average molecular weight is 425 g/mol. The number of carbonyl (C=O) groups is 1. The average Bonchev–Trinajstić information content (AvgIpc) is 2.82. The zero-order valence-electron chi connectivity index (χ0n) is 19.1. The number of rotatable bonds is 5. The van der Waals surface area contributed by atoms with Gasteiger partial charge in [0, 0.05) is 18.0 Å². The highest BCUT2D eigenvalue weighted by molar-refractivity contribution is 5.70. The Balaban J connectivity index is 0.00000132. The van der Waals surface area contributed by atoms with Gasteiger partial charge >= 0.3 is 6.09 Å². The van der Waals surface area contributed by atoms with Gasteiger partial charge in [0.15, 0.2) is 0 Å². The number of para-hydroxylation sites is 1. The zero-order valence-corrected chi connectivity index (χ0v) is 19.1. The van der Waals surface area contributed by atoms with Gasteiger partial charge in [-0.3, -0.25) is 0 Å². The van der Waals surface area contributed by atoms with Gasteiger partial charge in [0.05, 0.1) is 13.2 Å². The van der Waals surface area contributed by atoms with E-state index in [1.54, 1.807) is 0 Å². The van der Waals surface area contributed by atoms with E-state index in [9.17, 15) is 4.79 Å². The maximum absolute atomic E-state index is 12.8. The van der Waals surface area contributed by atoms with E-state index in [4.69, 9.17) is 9.47 Å². The Morgan fingerprint density at radius 2 is 1.87 bits per heavy atom. The molecule has 2 heterocycles. The molecule has 0 bridgehead atoms. The van der Waals surface area contributed by atoms with Gasteiger partial charge in [-0.2, -0.15) is 0 Å². The van der Waals surface area contributed by atoms with E-state index in [0.717, 1.165) is 29.8 Å². The highest BCUT2D eigenvalue weighted by atomic mass is 16.5. The summed E-state index contributed by atoms with van der Waals surface area (Å²) < 4.78 is 11.5. The van der Waals surface area contributed by atoms with Crippen LogP contribution in [0.2, 0.25) is 0 Å². The lowest BCUT2D eigenvalue weighted by Gasteiger charge is -2.39. The van der Waals surface area contributed by atoms with Crippen molar-refractivity contribution in [2.75, 3.05) is 26.8 Å². The fourth-order valence-electron chi connectivity index (χ4n) is 4.63. The van der Waals surface area contributed by atoms with Crippen LogP contribution in [0.1, 0.15) is 57.1 Å². The van der Waals surface area contributed by atoms with E-state index >= 15 is 0 Å². The maximum atomic E-state index is 12.8. The third-order valence-electron chi connectivity index (χ3n) is 6.27. The molecule has 0 spiro atoms. The number of fused-ring (bicyclic) bond motifs is 1. The third-order valence-corrected chi connectivity index (χ3v) is 6.27. The molecule has 1 N–H and O–H groups in total. The molecule has 31 heavy (non-hydrogen) atoms. The summed E-state index contributed by atoms with van der Waals surface area (Å²) in [5, 5.41) is 3.20. The Morgan fingerprint density at radius 1 is 1.13 bits per heavy atom. The van der Waals surface area contributed by atoms with Crippen LogP contribution in [0.5, 0.6) is 5.75 Å². The van der Waals surface area contributed by atoms with Gasteiger partial charge in [-0.15, -0.1) is 0 Å². The minimum absolute atomic E-state index is 0.371. The molecule has 1 fully saturated rings. The molecule has 0 saturated carbocycles. The summed E-state index contributed by atoms with van der Waals surface area (Å²) in [6.45, 7) is 6.10. The number of hydrogen-bond acceptors (Lipinski definition) is 4. The topological polar surface area (TPSA) is 50.8 Å². The lowest BCUT2D eigenvalue weighted by molar-refractivity contribution is 0.104. The van der Waals surface area contributed by atoms with Crippen LogP contribution in [-0.2, 0) is 10.3 Å².